The molecule has 0 N–H and O–H groups in total. The molecule has 1 aromatic rings. The number of rotatable bonds is 8. The Morgan fingerprint density at radius 1 is 0.889 bits per heavy atom. The highest BCUT2D eigenvalue weighted by Crippen LogP contribution is 2.25. The molecule has 0 spiro atoms. The first-order valence-corrected chi connectivity index (χ1v) is 7.13. The highest BCUT2D eigenvalue weighted by atomic mass is 16.7. The Labute approximate surface area is 111 Å². The summed E-state index contributed by atoms with van der Waals surface area (Å²) in [5, 5.41) is 0. The summed E-state index contributed by atoms with van der Waals surface area (Å²) in [4.78, 5) is 0. The molecule has 1 rings (SSSR count). The molecule has 0 fully saturated rings. The minimum absolute atomic E-state index is 0.131. The maximum Gasteiger partial charge on any atom is 0.199 e. The highest BCUT2D eigenvalue weighted by Gasteiger charge is 2.09. The average Bonchev–Trinajstić information content (AvgIpc) is 2.41. The summed E-state index contributed by atoms with van der Waals surface area (Å²) in [6, 6.07) is 8.45. The fraction of sp³-hybridized carbons (Fsp3) is 0.625. The molecule has 18 heavy (non-hydrogen) atoms. The summed E-state index contributed by atoms with van der Waals surface area (Å²) < 4.78 is 11.3. The molecular formula is C16H26O2. The van der Waals surface area contributed by atoms with E-state index in [1.807, 2.05) is 6.92 Å². The average molecular weight is 250 g/mol. The summed E-state index contributed by atoms with van der Waals surface area (Å²) in [6.07, 6.45) is 3.11. The molecule has 0 aliphatic heterocycles. The standard InChI is InChI=1S/C16H26O2/c1-5-13(6-2)14-9-11-15(12-10-14)18-16(7-3)17-8-4/h9-13,16H,5-8H2,1-4H3. The van der Waals surface area contributed by atoms with Crippen LogP contribution in [0.4, 0.5) is 0 Å². The van der Waals surface area contributed by atoms with Gasteiger partial charge < -0.3 is 9.47 Å². The minimum atomic E-state index is -0.131. The SMILES string of the molecule is CCOC(CC)Oc1ccc(C(CC)CC)cc1. The van der Waals surface area contributed by atoms with Crippen molar-refractivity contribution in [2.75, 3.05) is 6.61 Å². The molecule has 2 heteroatoms. The molecule has 1 aromatic carbocycles. The molecule has 0 aliphatic carbocycles. The number of hydrogen-bond acceptors (Lipinski definition) is 2. The molecule has 0 heterocycles. The van der Waals surface area contributed by atoms with Crippen LogP contribution in [0.15, 0.2) is 24.3 Å². The van der Waals surface area contributed by atoms with E-state index >= 15 is 0 Å². The van der Waals surface area contributed by atoms with E-state index in [2.05, 4.69) is 45.0 Å². The van der Waals surface area contributed by atoms with Crippen LogP contribution in [0.2, 0.25) is 0 Å². The van der Waals surface area contributed by atoms with Crippen molar-refractivity contribution < 1.29 is 9.47 Å². The molecule has 0 amide bonds. The number of benzene rings is 1. The lowest BCUT2D eigenvalue weighted by Crippen LogP contribution is -2.19. The van der Waals surface area contributed by atoms with Crippen molar-refractivity contribution in [3.63, 3.8) is 0 Å². The molecule has 1 unspecified atom stereocenters. The van der Waals surface area contributed by atoms with E-state index in [1.165, 1.54) is 18.4 Å². The first-order chi connectivity index (χ1) is 8.74. The second-order valence-corrected chi connectivity index (χ2v) is 4.49. The summed E-state index contributed by atoms with van der Waals surface area (Å²) >= 11 is 0. The normalized spacial score (nSPS) is 12.7. The van der Waals surface area contributed by atoms with Gasteiger partial charge in [-0.05, 0) is 43.4 Å². The van der Waals surface area contributed by atoms with E-state index in [0.29, 0.717) is 12.5 Å². The Bertz CT molecular complexity index is 314. The molecule has 102 valence electrons. The Balaban J connectivity index is 2.64. The van der Waals surface area contributed by atoms with Crippen LogP contribution in [-0.2, 0) is 4.74 Å². The predicted octanol–water partition coefficient (Wildman–Crippen LogP) is 4.74. The first-order valence-electron chi connectivity index (χ1n) is 7.13. The van der Waals surface area contributed by atoms with Gasteiger partial charge in [-0.1, -0.05) is 32.9 Å². The Morgan fingerprint density at radius 2 is 1.50 bits per heavy atom. The number of ether oxygens (including phenoxy) is 2. The van der Waals surface area contributed by atoms with E-state index < -0.39 is 0 Å². The van der Waals surface area contributed by atoms with Crippen molar-refractivity contribution >= 4 is 0 Å². The maximum atomic E-state index is 5.78. The van der Waals surface area contributed by atoms with Gasteiger partial charge in [0, 0.05) is 13.0 Å². The van der Waals surface area contributed by atoms with Crippen LogP contribution >= 0.6 is 0 Å². The van der Waals surface area contributed by atoms with Crippen LogP contribution in [0.25, 0.3) is 0 Å². The summed E-state index contributed by atoms with van der Waals surface area (Å²) in [5.74, 6) is 1.55. The smallest absolute Gasteiger partial charge is 0.199 e. The zero-order valence-electron chi connectivity index (χ0n) is 12.1. The van der Waals surface area contributed by atoms with Crippen molar-refractivity contribution in [3.05, 3.63) is 29.8 Å². The van der Waals surface area contributed by atoms with Gasteiger partial charge in [0.15, 0.2) is 6.29 Å². The largest absolute Gasteiger partial charge is 0.465 e. The fourth-order valence-electron chi connectivity index (χ4n) is 2.15. The zero-order chi connectivity index (χ0) is 13.4. The molecular weight excluding hydrogens is 224 g/mol. The van der Waals surface area contributed by atoms with Gasteiger partial charge >= 0.3 is 0 Å². The van der Waals surface area contributed by atoms with Crippen molar-refractivity contribution in [1.29, 1.82) is 0 Å². The molecule has 0 radical (unpaired) electrons. The van der Waals surface area contributed by atoms with Crippen LogP contribution in [-0.4, -0.2) is 12.9 Å². The second-order valence-electron chi connectivity index (χ2n) is 4.49. The maximum absolute atomic E-state index is 5.78. The van der Waals surface area contributed by atoms with E-state index in [1.54, 1.807) is 0 Å². The molecule has 0 saturated heterocycles. The Kier molecular flexibility index (Phi) is 6.81. The van der Waals surface area contributed by atoms with E-state index in [-0.39, 0.29) is 6.29 Å². The van der Waals surface area contributed by atoms with Crippen molar-refractivity contribution in [2.45, 2.75) is 59.2 Å². The van der Waals surface area contributed by atoms with E-state index in [4.69, 9.17) is 9.47 Å². The fourth-order valence-corrected chi connectivity index (χ4v) is 2.15. The van der Waals surface area contributed by atoms with Crippen LogP contribution < -0.4 is 4.74 Å². The molecule has 2 nitrogen and oxygen atoms in total. The first kappa shape index (κ1) is 15.0. The van der Waals surface area contributed by atoms with Gasteiger partial charge in [0.1, 0.15) is 5.75 Å². The molecule has 0 aliphatic rings. The monoisotopic (exact) mass is 250 g/mol. The molecule has 0 saturated carbocycles. The summed E-state index contributed by atoms with van der Waals surface area (Å²) in [5.41, 5.74) is 1.40. The van der Waals surface area contributed by atoms with E-state index in [0.717, 1.165) is 12.2 Å². The summed E-state index contributed by atoms with van der Waals surface area (Å²) in [7, 11) is 0. The third-order valence-corrected chi connectivity index (χ3v) is 3.29. The zero-order valence-corrected chi connectivity index (χ0v) is 12.1. The van der Waals surface area contributed by atoms with Gasteiger partial charge in [0.2, 0.25) is 0 Å². The highest BCUT2D eigenvalue weighted by molar-refractivity contribution is 5.29. The molecule has 0 bridgehead atoms. The predicted molar refractivity (Wildman–Crippen MR) is 76.1 cm³/mol. The van der Waals surface area contributed by atoms with Gasteiger partial charge in [-0.15, -0.1) is 0 Å². The van der Waals surface area contributed by atoms with Gasteiger partial charge in [0.25, 0.3) is 0 Å². The third-order valence-electron chi connectivity index (χ3n) is 3.29. The van der Waals surface area contributed by atoms with Gasteiger partial charge in [-0.25, -0.2) is 0 Å². The third kappa shape index (κ3) is 4.34. The molecule has 1 atom stereocenters. The van der Waals surface area contributed by atoms with Crippen LogP contribution in [0.3, 0.4) is 0 Å². The van der Waals surface area contributed by atoms with Crippen LogP contribution in [0.1, 0.15) is 58.4 Å². The lowest BCUT2D eigenvalue weighted by molar-refractivity contribution is -0.0766. The lowest BCUT2D eigenvalue weighted by Gasteiger charge is -2.18. The van der Waals surface area contributed by atoms with Crippen LogP contribution in [0.5, 0.6) is 5.75 Å². The Morgan fingerprint density at radius 3 is 1.94 bits per heavy atom. The Hall–Kier alpha value is -1.02. The topological polar surface area (TPSA) is 18.5 Å². The summed E-state index contributed by atoms with van der Waals surface area (Å²) in [6.45, 7) is 9.22. The van der Waals surface area contributed by atoms with Crippen molar-refractivity contribution in [2.24, 2.45) is 0 Å². The second kappa shape index (κ2) is 8.15. The number of hydrogen-bond donors (Lipinski definition) is 0. The van der Waals surface area contributed by atoms with E-state index in [9.17, 15) is 0 Å². The minimum Gasteiger partial charge on any atom is -0.465 e. The van der Waals surface area contributed by atoms with Crippen molar-refractivity contribution in [3.8, 4) is 5.75 Å². The van der Waals surface area contributed by atoms with Gasteiger partial charge in [-0.2, -0.15) is 0 Å². The lowest BCUT2D eigenvalue weighted by atomic mass is 9.94. The van der Waals surface area contributed by atoms with Crippen LogP contribution in [0, 0.1) is 0 Å². The quantitative estimate of drug-likeness (QED) is 0.620. The molecule has 0 aromatic heterocycles. The van der Waals surface area contributed by atoms with Gasteiger partial charge in [0.05, 0.1) is 0 Å². The van der Waals surface area contributed by atoms with Crippen molar-refractivity contribution in [1.82, 2.24) is 0 Å². The van der Waals surface area contributed by atoms with Gasteiger partial charge in [-0.3, -0.25) is 0 Å².